The van der Waals surface area contributed by atoms with Crippen molar-refractivity contribution in [3.8, 4) is 5.75 Å². The number of nitrogens with one attached hydrogen (secondary N) is 1. The molecule has 18 heavy (non-hydrogen) atoms. The van der Waals surface area contributed by atoms with Gasteiger partial charge < -0.3 is 14.8 Å². The van der Waals surface area contributed by atoms with Crippen LogP contribution in [0.3, 0.4) is 0 Å². The van der Waals surface area contributed by atoms with Crippen LogP contribution in [0.5, 0.6) is 5.75 Å². The van der Waals surface area contributed by atoms with Crippen LogP contribution in [-0.2, 0) is 11.3 Å². The first-order valence-corrected chi connectivity index (χ1v) is 6.92. The Balaban J connectivity index is 1.79. The molecule has 0 spiro atoms. The van der Waals surface area contributed by atoms with Gasteiger partial charge in [0.1, 0.15) is 11.9 Å². The van der Waals surface area contributed by atoms with Crippen molar-refractivity contribution in [2.24, 2.45) is 0 Å². The predicted octanol–water partition coefficient (Wildman–Crippen LogP) is 2.74. The van der Waals surface area contributed by atoms with Crippen LogP contribution >= 0.6 is 0 Å². The molecule has 3 heteroatoms. The molecule has 0 atom stereocenters. The summed E-state index contributed by atoms with van der Waals surface area (Å²) >= 11 is 0. The highest BCUT2D eigenvalue weighted by atomic mass is 16.5. The molecule has 3 nitrogen and oxygen atoms in total. The summed E-state index contributed by atoms with van der Waals surface area (Å²) in [4.78, 5) is 0. The summed E-state index contributed by atoms with van der Waals surface area (Å²) in [5.74, 6) is 0.973. The van der Waals surface area contributed by atoms with Gasteiger partial charge in [-0.3, -0.25) is 0 Å². The van der Waals surface area contributed by atoms with E-state index in [4.69, 9.17) is 9.47 Å². The maximum Gasteiger partial charge on any atom is 0.119 e. The summed E-state index contributed by atoms with van der Waals surface area (Å²) in [7, 11) is 0. The fourth-order valence-electron chi connectivity index (χ4n) is 2.08. The van der Waals surface area contributed by atoms with Gasteiger partial charge in [-0.15, -0.1) is 0 Å². The van der Waals surface area contributed by atoms with Crippen molar-refractivity contribution in [3.05, 3.63) is 29.8 Å². The van der Waals surface area contributed by atoms with Gasteiger partial charge in [0.2, 0.25) is 0 Å². The molecule has 1 fully saturated rings. The number of hydrogen-bond acceptors (Lipinski definition) is 3. The van der Waals surface area contributed by atoms with Crippen molar-refractivity contribution in [2.45, 2.75) is 38.8 Å². The van der Waals surface area contributed by atoms with E-state index < -0.39 is 0 Å². The first-order chi connectivity index (χ1) is 8.88. The van der Waals surface area contributed by atoms with Gasteiger partial charge in [0.15, 0.2) is 0 Å². The Hall–Kier alpha value is -1.06. The van der Waals surface area contributed by atoms with Crippen LogP contribution in [0.25, 0.3) is 0 Å². The first-order valence-electron chi connectivity index (χ1n) is 6.92. The third-order valence-corrected chi connectivity index (χ3v) is 3.15. The van der Waals surface area contributed by atoms with E-state index in [-0.39, 0.29) is 0 Å². The van der Waals surface area contributed by atoms with E-state index in [9.17, 15) is 0 Å². The Morgan fingerprint density at radius 1 is 1.22 bits per heavy atom. The largest absolute Gasteiger partial charge is 0.490 e. The maximum absolute atomic E-state index is 5.94. The lowest BCUT2D eigenvalue weighted by atomic mass is 10.1. The van der Waals surface area contributed by atoms with Crippen molar-refractivity contribution in [2.75, 3.05) is 19.8 Å². The van der Waals surface area contributed by atoms with Crippen molar-refractivity contribution < 1.29 is 9.47 Å². The Morgan fingerprint density at radius 3 is 2.61 bits per heavy atom. The second-order valence-electron chi connectivity index (χ2n) is 4.75. The van der Waals surface area contributed by atoms with Crippen LogP contribution < -0.4 is 10.1 Å². The molecule has 1 aromatic carbocycles. The lowest BCUT2D eigenvalue weighted by molar-refractivity contribution is 0.0255. The fourth-order valence-corrected chi connectivity index (χ4v) is 2.08. The van der Waals surface area contributed by atoms with Gasteiger partial charge in [-0.25, -0.2) is 0 Å². The Bertz CT molecular complexity index is 331. The normalized spacial score (nSPS) is 16.7. The van der Waals surface area contributed by atoms with Crippen LogP contribution in [0, 0.1) is 0 Å². The van der Waals surface area contributed by atoms with Gasteiger partial charge in [-0.2, -0.15) is 0 Å². The second-order valence-corrected chi connectivity index (χ2v) is 4.75. The van der Waals surface area contributed by atoms with Crippen LogP contribution in [0.1, 0.15) is 31.7 Å². The zero-order chi connectivity index (χ0) is 12.6. The molecule has 0 radical (unpaired) electrons. The molecule has 1 aliphatic heterocycles. The topological polar surface area (TPSA) is 30.5 Å². The number of ether oxygens (including phenoxy) is 2. The van der Waals surface area contributed by atoms with Gasteiger partial charge in [-0.1, -0.05) is 19.1 Å². The molecule has 0 aliphatic carbocycles. The van der Waals surface area contributed by atoms with E-state index in [1.54, 1.807) is 0 Å². The molecule has 0 unspecified atom stereocenters. The Labute approximate surface area is 109 Å². The zero-order valence-corrected chi connectivity index (χ0v) is 11.2. The van der Waals surface area contributed by atoms with Crippen molar-refractivity contribution in [1.29, 1.82) is 0 Å². The van der Waals surface area contributed by atoms with Gasteiger partial charge in [-0.05, 0) is 30.7 Å². The molecular formula is C15H23NO2. The fraction of sp³-hybridized carbons (Fsp3) is 0.600. The summed E-state index contributed by atoms with van der Waals surface area (Å²) in [6.07, 6.45) is 3.49. The minimum Gasteiger partial charge on any atom is -0.490 e. The van der Waals surface area contributed by atoms with Crippen molar-refractivity contribution in [3.63, 3.8) is 0 Å². The van der Waals surface area contributed by atoms with Crippen LogP contribution in [0.4, 0.5) is 0 Å². The smallest absolute Gasteiger partial charge is 0.119 e. The van der Waals surface area contributed by atoms with Crippen LogP contribution in [0.15, 0.2) is 24.3 Å². The molecule has 0 aromatic heterocycles. The monoisotopic (exact) mass is 249 g/mol. The maximum atomic E-state index is 5.94. The molecule has 1 saturated heterocycles. The molecule has 100 valence electrons. The average Bonchev–Trinajstić information content (AvgIpc) is 2.42. The lowest BCUT2D eigenvalue weighted by Crippen LogP contribution is -2.25. The summed E-state index contributed by atoms with van der Waals surface area (Å²) < 4.78 is 11.3. The SMILES string of the molecule is CCCNCc1ccc(OC2CCOCC2)cc1. The summed E-state index contributed by atoms with van der Waals surface area (Å²) in [6.45, 7) is 5.83. The zero-order valence-electron chi connectivity index (χ0n) is 11.2. The summed E-state index contributed by atoms with van der Waals surface area (Å²) in [6, 6.07) is 8.41. The average molecular weight is 249 g/mol. The predicted molar refractivity (Wildman–Crippen MR) is 72.9 cm³/mol. The Morgan fingerprint density at radius 2 is 1.94 bits per heavy atom. The molecular weight excluding hydrogens is 226 g/mol. The standard InChI is InChI=1S/C15H23NO2/c1-2-9-16-12-13-3-5-14(6-4-13)18-15-7-10-17-11-8-15/h3-6,15-16H,2,7-12H2,1H3. The molecule has 2 rings (SSSR count). The van der Waals surface area contributed by atoms with Gasteiger partial charge in [0.05, 0.1) is 13.2 Å². The molecule has 0 bridgehead atoms. The summed E-state index contributed by atoms with van der Waals surface area (Å²) in [5, 5.41) is 3.39. The second kappa shape index (κ2) is 7.39. The highest BCUT2D eigenvalue weighted by Crippen LogP contribution is 2.18. The quantitative estimate of drug-likeness (QED) is 0.786. The highest BCUT2D eigenvalue weighted by molar-refractivity contribution is 5.27. The molecule has 1 heterocycles. The Kier molecular flexibility index (Phi) is 5.49. The van der Waals surface area contributed by atoms with Crippen LogP contribution in [-0.4, -0.2) is 25.9 Å². The van der Waals surface area contributed by atoms with E-state index in [1.165, 1.54) is 12.0 Å². The molecule has 1 N–H and O–H groups in total. The van der Waals surface area contributed by atoms with E-state index in [1.807, 2.05) is 0 Å². The van der Waals surface area contributed by atoms with E-state index in [2.05, 4.69) is 36.5 Å². The molecule has 1 aromatic rings. The van der Waals surface area contributed by atoms with Crippen molar-refractivity contribution >= 4 is 0 Å². The summed E-state index contributed by atoms with van der Waals surface area (Å²) in [5.41, 5.74) is 1.31. The highest BCUT2D eigenvalue weighted by Gasteiger charge is 2.14. The van der Waals surface area contributed by atoms with Crippen molar-refractivity contribution in [1.82, 2.24) is 5.32 Å². The third kappa shape index (κ3) is 4.31. The van der Waals surface area contributed by atoms with Crippen LogP contribution in [0.2, 0.25) is 0 Å². The third-order valence-electron chi connectivity index (χ3n) is 3.15. The van der Waals surface area contributed by atoms with Gasteiger partial charge in [0.25, 0.3) is 0 Å². The molecule has 0 amide bonds. The minimum atomic E-state index is 0.322. The molecule has 0 saturated carbocycles. The van der Waals surface area contributed by atoms with Gasteiger partial charge in [0, 0.05) is 19.4 Å². The number of hydrogen-bond donors (Lipinski definition) is 1. The first kappa shape index (κ1) is 13.4. The number of rotatable bonds is 6. The number of benzene rings is 1. The van der Waals surface area contributed by atoms with E-state index in [0.29, 0.717) is 6.10 Å². The van der Waals surface area contributed by atoms with E-state index >= 15 is 0 Å². The molecule has 1 aliphatic rings. The van der Waals surface area contributed by atoms with E-state index in [0.717, 1.165) is 44.9 Å². The lowest BCUT2D eigenvalue weighted by Gasteiger charge is -2.23. The van der Waals surface area contributed by atoms with Gasteiger partial charge >= 0.3 is 0 Å². The minimum absolute atomic E-state index is 0.322.